The Hall–Kier alpha value is -0.450. The van der Waals surface area contributed by atoms with Gasteiger partial charge in [0.1, 0.15) is 5.75 Å². The van der Waals surface area contributed by atoms with Crippen molar-refractivity contribution in [2.75, 3.05) is 12.4 Å². The minimum atomic E-state index is -3.38. The van der Waals surface area contributed by atoms with Crippen LogP contribution in [0.4, 0.5) is 0 Å². The fraction of sp³-hybridized carbons (Fsp3) is 0.455. The van der Waals surface area contributed by atoms with E-state index in [1.54, 1.807) is 12.1 Å². The Balaban J connectivity index is 2.29. The van der Waals surface area contributed by atoms with Gasteiger partial charge in [0.15, 0.2) is 0 Å². The molecule has 1 aromatic rings. The third-order valence-corrected chi connectivity index (χ3v) is 3.84. The van der Waals surface area contributed by atoms with Crippen molar-refractivity contribution in [2.45, 2.75) is 19.8 Å². The van der Waals surface area contributed by atoms with E-state index in [0.29, 0.717) is 24.5 Å². The van der Waals surface area contributed by atoms with Gasteiger partial charge in [-0.05, 0) is 43.5 Å². The number of hydrogen-bond acceptors (Lipinski definition) is 3. The number of aryl methyl sites for hydroxylation is 1. The van der Waals surface area contributed by atoms with Crippen molar-refractivity contribution in [3.8, 4) is 5.75 Å². The molecule has 0 radical (unpaired) electrons. The van der Waals surface area contributed by atoms with Gasteiger partial charge in [-0.2, -0.15) is 0 Å². The lowest BCUT2D eigenvalue weighted by molar-refractivity contribution is 0.309. The molecule has 0 fully saturated rings. The Morgan fingerprint density at radius 2 is 2.00 bits per heavy atom. The van der Waals surface area contributed by atoms with Gasteiger partial charge in [-0.3, -0.25) is 0 Å². The molecule has 0 N–H and O–H groups in total. The van der Waals surface area contributed by atoms with Crippen molar-refractivity contribution in [1.29, 1.82) is 0 Å². The quantitative estimate of drug-likeness (QED) is 0.597. The maximum Gasteiger partial charge on any atom is 0.232 e. The second kappa shape index (κ2) is 6.47. The monoisotopic (exact) mass is 296 g/mol. The Kier molecular flexibility index (Phi) is 5.56. The fourth-order valence-corrected chi connectivity index (χ4v) is 2.27. The van der Waals surface area contributed by atoms with Gasteiger partial charge in [0.2, 0.25) is 9.05 Å². The van der Waals surface area contributed by atoms with E-state index in [9.17, 15) is 8.42 Å². The first-order valence-corrected chi connectivity index (χ1v) is 8.05. The maximum absolute atomic E-state index is 10.7. The van der Waals surface area contributed by atoms with Crippen LogP contribution in [0.1, 0.15) is 18.4 Å². The summed E-state index contributed by atoms with van der Waals surface area (Å²) in [6.45, 7) is 2.36. The van der Waals surface area contributed by atoms with Crippen molar-refractivity contribution in [3.05, 3.63) is 28.8 Å². The Bertz CT molecular complexity index is 472. The normalized spacial score (nSPS) is 11.5. The summed E-state index contributed by atoms with van der Waals surface area (Å²) in [6.07, 6.45) is 1.14. The molecule has 0 heterocycles. The van der Waals surface area contributed by atoms with Crippen molar-refractivity contribution >= 4 is 31.3 Å². The molecule has 0 aliphatic carbocycles. The van der Waals surface area contributed by atoms with Crippen LogP contribution in [0.2, 0.25) is 5.02 Å². The molecule has 0 saturated carbocycles. The Morgan fingerprint density at radius 3 is 2.59 bits per heavy atom. The molecule has 0 spiro atoms. The smallest absolute Gasteiger partial charge is 0.232 e. The van der Waals surface area contributed by atoms with E-state index in [2.05, 4.69) is 0 Å². The van der Waals surface area contributed by atoms with Gasteiger partial charge < -0.3 is 4.74 Å². The molecule has 1 rings (SSSR count). The third-order valence-electron chi connectivity index (χ3n) is 2.18. The maximum atomic E-state index is 10.7. The van der Waals surface area contributed by atoms with Gasteiger partial charge in [-0.15, -0.1) is 0 Å². The van der Waals surface area contributed by atoms with E-state index in [1.807, 2.05) is 13.0 Å². The van der Waals surface area contributed by atoms with Crippen molar-refractivity contribution in [1.82, 2.24) is 0 Å². The molecular formula is C11H14Cl2O3S. The van der Waals surface area contributed by atoms with Crippen LogP contribution in [0.5, 0.6) is 5.75 Å². The lowest BCUT2D eigenvalue weighted by Crippen LogP contribution is -2.02. The van der Waals surface area contributed by atoms with Gasteiger partial charge in [0.05, 0.1) is 12.4 Å². The zero-order valence-corrected chi connectivity index (χ0v) is 11.8. The van der Waals surface area contributed by atoms with Crippen LogP contribution in [0.3, 0.4) is 0 Å². The van der Waals surface area contributed by atoms with Crippen LogP contribution >= 0.6 is 22.3 Å². The average Bonchev–Trinajstić information content (AvgIpc) is 2.21. The summed E-state index contributed by atoms with van der Waals surface area (Å²) in [4.78, 5) is 0. The second-order valence-corrected chi connectivity index (χ2v) is 7.01. The van der Waals surface area contributed by atoms with Crippen molar-refractivity contribution in [2.24, 2.45) is 0 Å². The number of ether oxygens (including phenoxy) is 1. The van der Waals surface area contributed by atoms with E-state index in [1.165, 1.54) is 0 Å². The Labute approximate surface area is 111 Å². The molecule has 0 saturated heterocycles. The van der Waals surface area contributed by atoms with Crippen LogP contribution in [-0.4, -0.2) is 20.8 Å². The Morgan fingerprint density at radius 1 is 1.29 bits per heavy atom. The molecule has 0 aliphatic rings. The first-order valence-electron chi connectivity index (χ1n) is 5.20. The minimum absolute atomic E-state index is 0.0163. The third kappa shape index (κ3) is 6.15. The van der Waals surface area contributed by atoms with Crippen LogP contribution in [0.15, 0.2) is 18.2 Å². The average molecular weight is 297 g/mol. The molecule has 0 aliphatic heterocycles. The number of rotatable bonds is 6. The SMILES string of the molecule is Cc1cc(OCCCCS(=O)(=O)Cl)ccc1Cl. The van der Waals surface area contributed by atoms with Gasteiger partial charge in [-0.1, -0.05) is 11.6 Å². The van der Waals surface area contributed by atoms with E-state index in [-0.39, 0.29) is 5.75 Å². The van der Waals surface area contributed by atoms with Crippen LogP contribution < -0.4 is 4.74 Å². The summed E-state index contributed by atoms with van der Waals surface area (Å²) in [7, 11) is 1.70. The highest BCUT2D eigenvalue weighted by Crippen LogP contribution is 2.21. The molecule has 6 heteroatoms. The predicted molar refractivity (Wildman–Crippen MR) is 70.6 cm³/mol. The number of unbranched alkanes of at least 4 members (excludes halogenated alkanes) is 1. The lowest BCUT2D eigenvalue weighted by atomic mass is 10.2. The van der Waals surface area contributed by atoms with Gasteiger partial charge in [0.25, 0.3) is 0 Å². The number of hydrogen-bond donors (Lipinski definition) is 0. The summed E-state index contributed by atoms with van der Waals surface area (Å²) in [5, 5.41) is 0.700. The molecule has 0 unspecified atom stereocenters. The molecule has 0 atom stereocenters. The summed E-state index contributed by atoms with van der Waals surface area (Å²) >= 11 is 5.88. The zero-order chi connectivity index (χ0) is 12.9. The topological polar surface area (TPSA) is 43.4 Å². The number of halogens is 2. The van der Waals surface area contributed by atoms with E-state index < -0.39 is 9.05 Å². The van der Waals surface area contributed by atoms with Crippen molar-refractivity contribution < 1.29 is 13.2 Å². The zero-order valence-electron chi connectivity index (χ0n) is 9.45. The lowest BCUT2D eigenvalue weighted by Gasteiger charge is -2.07. The van der Waals surface area contributed by atoms with E-state index >= 15 is 0 Å². The first-order chi connectivity index (χ1) is 7.88. The molecule has 17 heavy (non-hydrogen) atoms. The molecule has 96 valence electrons. The largest absolute Gasteiger partial charge is 0.494 e. The van der Waals surface area contributed by atoms with Crippen LogP contribution in [0.25, 0.3) is 0 Å². The van der Waals surface area contributed by atoms with Crippen LogP contribution in [0, 0.1) is 6.92 Å². The first kappa shape index (κ1) is 14.6. The highest BCUT2D eigenvalue weighted by atomic mass is 35.7. The highest BCUT2D eigenvalue weighted by Gasteiger charge is 2.04. The molecule has 1 aromatic carbocycles. The van der Waals surface area contributed by atoms with Gasteiger partial charge in [0, 0.05) is 15.7 Å². The van der Waals surface area contributed by atoms with Gasteiger partial charge in [-0.25, -0.2) is 8.42 Å². The van der Waals surface area contributed by atoms with E-state index in [4.69, 9.17) is 27.0 Å². The number of benzene rings is 1. The minimum Gasteiger partial charge on any atom is -0.494 e. The highest BCUT2D eigenvalue weighted by molar-refractivity contribution is 8.13. The summed E-state index contributed by atoms with van der Waals surface area (Å²) < 4.78 is 26.8. The predicted octanol–water partition coefficient (Wildman–Crippen LogP) is 3.38. The van der Waals surface area contributed by atoms with Crippen molar-refractivity contribution in [3.63, 3.8) is 0 Å². The van der Waals surface area contributed by atoms with Crippen LogP contribution in [-0.2, 0) is 9.05 Å². The molecule has 0 bridgehead atoms. The molecule has 0 aromatic heterocycles. The fourth-order valence-electron chi connectivity index (χ4n) is 1.27. The standard InChI is InChI=1S/C11H14Cl2O3S/c1-9-8-10(4-5-11(9)12)16-6-2-3-7-17(13,14)15/h4-5,8H,2-3,6-7H2,1H3. The van der Waals surface area contributed by atoms with E-state index in [0.717, 1.165) is 11.3 Å². The summed E-state index contributed by atoms with van der Waals surface area (Å²) in [5.74, 6) is 0.720. The molecular weight excluding hydrogens is 283 g/mol. The molecule has 0 amide bonds. The second-order valence-electron chi connectivity index (χ2n) is 3.71. The summed E-state index contributed by atoms with van der Waals surface area (Å²) in [6, 6.07) is 5.41. The van der Waals surface area contributed by atoms with Gasteiger partial charge >= 0.3 is 0 Å². The molecule has 3 nitrogen and oxygen atoms in total. The summed E-state index contributed by atoms with van der Waals surface area (Å²) in [5.41, 5.74) is 0.951.